The number of nitrogens with one attached hydrogen (secondary N) is 1. The molecule has 1 amide bonds. The molecule has 1 aromatic carbocycles. The van der Waals surface area contributed by atoms with Crippen molar-refractivity contribution in [3.8, 4) is 5.75 Å². The summed E-state index contributed by atoms with van der Waals surface area (Å²) in [4.78, 5) is 23.2. The Morgan fingerprint density at radius 3 is 2.50 bits per heavy atom. The largest absolute Gasteiger partial charge is 0.550 e. The maximum absolute atomic E-state index is 12.2. The molecule has 0 heterocycles. The third kappa shape index (κ3) is 2.99. The fraction of sp³-hybridized carbons (Fsp3) is 0.333. The molecule has 0 aliphatic heterocycles. The first-order valence-electron chi connectivity index (χ1n) is 6.45. The smallest absolute Gasteiger partial charge is 0.228 e. The minimum Gasteiger partial charge on any atom is -0.550 e. The maximum atomic E-state index is 12.2. The Bertz CT molecular complexity index is 565. The zero-order chi connectivity index (χ0) is 14.7. The van der Waals surface area contributed by atoms with Gasteiger partial charge in [0.2, 0.25) is 5.91 Å². The molecule has 0 saturated heterocycles. The van der Waals surface area contributed by atoms with E-state index in [1.165, 1.54) is 6.07 Å². The van der Waals surface area contributed by atoms with E-state index in [-0.39, 0.29) is 11.4 Å². The van der Waals surface area contributed by atoms with E-state index in [2.05, 4.69) is 5.32 Å². The molecule has 1 aliphatic rings. The van der Waals surface area contributed by atoms with Crippen LogP contribution in [0.3, 0.4) is 0 Å². The average Bonchev–Trinajstić information content (AvgIpc) is 2.41. The highest BCUT2D eigenvalue weighted by molar-refractivity contribution is 5.96. The number of anilines is 1. The summed E-state index contributed by atoms with van der Waals surface area (Å²) in [6, 6.07) is 4.88. The lowest BCUT2D eigenvalue weighted by atomic mass is 9.82. The molecule has 1 aromatic rings. The third-order valence-corrected chi connectivity index (χ3v) is 3.48. The van der Waals surface area contributed by atoms with Crippen LogP contribution >= 0.6 is 0 Å². The summed E-state index contributed by atoms with van der Waals surface area (Å²) in [5, 5.41) is 23.4. The van der Waals surface area contributed by atoms with Gasteiger partial charge in [0, 0.05) is 11.9 Å². The first-order valence-corrected chi connectivity index (χ1v) is 6.45. The molecule has 0 bridgehead atoms. The molecule has 0 spiro atoms. The van der Waals surface area contributed by atoms with Crippen molar-refractivity contribution in [2.75, 3.05) is 5.32 Å². The van der Waals surface area contributed by atoms with Gasteiger partial charge in [-0.1, -0.05) is 18.2 Å². The van der Waals surface area contributed by atoms with Gasteiger partial charge >= 0.3 is 0 Å². The molecule has 5 nitrogen and oxygen atoms in total. The molecule has 1 aliphatic carbocycles. The van der Waals surface area contributed by atoms with Crippen LogP contribution in [-0.2, 0) is 9.59 Å². The number of carbonyl (C=O) groups is 2. The van der Waals surface area contributed by atoms with Crippen molar-refractivity contribution >= 4 is 17.6 Å². The average molecular weight is 274 g/mol. The molecule has 20 heavy (non-hydrogen) atoms. The van der Waals surface area contributed by atoms with E-state index < -0.39 is 23.7 Å². The molecule has 0 fully saturated rings. The number of aliphatic carboxylic acids is 1. The highest BCUT2D eigenvalue weighted by Crippen LogP contribution is 2.29. The fourth-order valence-electron chi connectivity index (χ4n) is 2.34. The summed E-state index contributed by atoms with van der Waals surface area (Å²) >= 11 is 0. The Morgan fingerprint density at radius 2 is 1.90 bits per heavy atom. The van der Waals surface area contributed by atoms with Crippen molar-refractivity contribution < 1.29 is 19.8 Å². The van der Waals surface area contributed by atoms with Crippen LogP contribution in [0, 0.1) is 18.8 Å². The minimum atomic E-state index is -1.22. The van der Waals surface area contributed by atoms with Gasteiger partial charge in [-0.05, 0) is 37.5 Å². The Hall–Kier alpha value is -2.30. The van der Waals surface area contributed by atoms with Crippen LogP contribution in [0.4, 0.5) is 5.69 Å². The number of carboxylic acid groups (broad SMARTS) is 1. The highest BCUT2D eigenvalue weighted by atomic mass is 16.4. The van der Waals surface area contributed by atoms with E-state index in [1.54, 1.807) is 24.3 Å². The van der Waals surface area contributed by atoms with Gasteiger partial charge in [-0.3, -0.25) is 4.79 Å². The van der Waals surface area contributed by atoms with Gasteiger partial charge in [0.25, 0.3) is 0 Å². The lowest BCUT2D eigenvalue weighted by molar-refractivity contribution is -0.313. The van der Waals surface area contributed by atoms with Crippen LogP contribution in [0.5, 0.6) is 5.75 Å². The normalized spacial score (nSPS) is 21.4. The summed E-state index contributed by atoms with van der Waals surface area (Å²) < 4.78 is 0. The number of aromatic hydroxyl groups is 1. The van der Waals surface area contributed by atoms with Crippen molar-refractivity contribution in [1.29, 1.82) is 0 Å². The zero-order valence-corrected chi connectivity index (χ0v) is 11.1. The SMILES string of the molecule is Cc1ccc(NC(=O)[C@H]2CC=CC[C@@H]2C(=O)[O-])c(O)c1. The summed E-state index contributed by atoms with van der Waals surface area (Å²) in [7, 11) is 0. The minimum absolute atomic E-state index is 0.0327. The van der Waals surface area contributed by atoms with E-state index in [0.717, 1.165) is 5.56 Å². The molecule has 0 aromatic heterocycles. The Labute approximate surface area is 116 Å². The van der Waals surface area contributed by atoms with E-state index in [1.807, 2.05) is 6.92 Å². The molecular formula is C15H16NO4-. The molecule has 106 valence electrons. The number of carbonyl (C=O) groups excluding carboxylic acids is 2. The number of carboxylic acids is 1. The summed E-state index contributed by atoms with van der Waals surface area (Å²) in [6.45, 7) is 1.82. The topological polar surface area (TPSA) is 89.5 Å². The van der Waals surface area contributed by atoms with Crippen molar-refractivity contribution in [1.82, 2.24) is 0 Å². The number of aryl methyl sites for hydroxylation is 1. The summed E-state index contributed by atoms with van der Waals surface area (Å²) in [5.74, 6) is -3.17. The standard InChI is InChI=1S/C15H17NO4/c1-9-6-7-12(13(17)8-9)16-14(18)10-4-2-3-5-11(10)15(19)20/h2-3,6-8,10-11,17H,4-5H2,1H3,(H,16,18)(H,19,20)/p-1/t10-,11-/m0/s1. The van der Waals surface area contributed by atoms with E-state index in [4.69, 9.17) is 0 Å². The maximum Gasteiger partial charge on any atom is 0.228 e. The van der Waals surface area contributed by atoms with Crippen molar-refractivity contribution in [2.24, 2.45) is 11.8 Å². The fourth-order valence-corrected chi connectivity index (χ4v) is 2.34. The number of hydrogen-bond donors (Lipinski definition) is 2. The van der Waals surface area contributed by atoms with Crippen LogP contribution in [-0.4, -0.2) is 17.0 Å². The Kier molecular flexibility index (Phi) is 4.08. The number of rotatable bonds is 3. The van der Waals surface area contributed by atoms with E-state index >= 15 is 0 Å². The summed E-state index contributed by atoms with van der Waals surface area (Å²) in [5.41, 5.74) is 1.15. The van der Waals surface area contributed by atoms with Crippen LogP contribution in [0.25, 0.3) is 0 Å². The van der Waals surface area contributed by atoms with Crippen molar-refractivity contribution in [2.45, 2.75) is 19.8 Å². The van der Waals surface area contributed by atoms with Gasteiger partial charge < -0.3 is 20.3 Å². The molecule has 0 unspecified atom stereocenters. The van der Waals surface area contributed by atoms with E-state index in [9.17, 15) is 19.8 Å². The second-order valence-electron chi connectivity index (χ2n) is 4.98. The molecule has 0 saturated carbocycles. The van der Waals surface area contributed by atoms with Crippen molar-refractivity contribution in [3.05, 3.63) is 35.9 Å². The van der Waals surface area contributed by atoms with Crippen LogP contribution in [0.15, 0.2) is 30.4 Å². The Balaban J connectivity index is 2.14. The number of allylic oxidation sites excluding steroid dienone is 2. The molecule has 0 radical (unpaired) electrons. The van der Waals surface area contributed by atoms with Crippen LogP contribution < -0.4 is 10.4 Å². The second kappa shape index (κ2) is 5.77. The number of phenolic OH excluding ortho intramolecular Hbond substituents is 1. The summed E-state index contributed by atoms with van der Waals surface area (Å²) in [6.07, 6.45) is 4.18. The van der Waals surface area contributed by atoms with Crippen molar-refractivity contribution in [3.63, 3.8) is 0 Å². The molecular weight excluding hydrogens is 258 g/mol. The third-order valence-electron chi connectivity index (χ3n) is 3.48. The molecule has 5 heteroatoms. The number of benzene rings is 1. The number of hydrogen-bond acceptors (Lipinski definition) is 4. The molecule has 2 atom stereocenters. The molecule has 2 rings (SSSR count). The van der Waals surface area contributed by atoms with Gasteiger partial charge in [-0.15, -0.1) is 0 Å². The van der Waals surface area contributed by atoms with E-state index in [0.29, 0.717) is 12.8 Å². The quantitative estimate of drug-likeness (QED) is 0.635. The zero-order valence-electron chi connectivity index (χ0n) is 11.1. The van der Waals surface area contributed by atoms with Crippen LogP contribution in [0.1, 0.15) is 18.4 Å². The number of phenols is 1. The van der Waals surface area contributed by atoms with Crippen LogP contribution in [0.2, 0.25) is 0 Å². The monoisotopic (exact) mass is 274 g/mol. The van der Waals surface area contributed by atoms with Gasteiger partial charge in [-0.25, -0.2) is 0 Å². The van der Waals surface area contributed by atoms with Gasteiger partial charge in [0.05, 0.1) is 11.6 Å². The highest BCUT2D eigenvalue weighted by Gasteiger charge is 2.30. The predicted octanol–water partition coefficient (Wildman–Crippen LogP) is 0.971. The second-order valence-corrected chi connectivity index (χ2v) is 4.98. The van der Waals surface area contributed by atoms with Gasteiger partial charge in [0.15, 0.2) is 0 Å². The lowest BCUT2D eigenvalue weighted by Crippen LogP contribution is -2.41. The first-order chi connectivity index (χ1) is 9.49. The van der Waals surface area contributed by atoms with Gasteiger partial charge in [-0.2, -0.15) is 0 Å². The Morgan fingerprint density at radius 1 is 1.25 bits per heavy atom. The molecule has 2 N–H and O–H groups in total. The van der Waals surface area contributed by atoms with Gasteiger partial charge in [0.1, 0.15) is 5.75 Å². The number of amides is 1. The predicted molar refractivity (Wildman–Crippen MR) is 71.8 cm³/mol. The first kappa shape index (κ1) is 14.1. The lowest BCUT2D eigenvalue weighted by Gasteiger charge is -2.28.